The van der Waals surface area contributed by atoms with Crippen LogP contribution in [0.25, 0.3) is 0 Å². The average Bonchev–Trinajstić information content (AvgIpc) is 2.95. The highest BCUT2D eigenvalue weighted by Crippen LogP contribution is 2.26. The van der Waals surface area contributed by atoms with Crippen LogP contribution in [0.15, 0.2) is 59.8 Å². The van der Waals surface area contributed by atoms with E-state index in [0.29, 0.717) is 23.4 Å². The van der Waals surface area contributed by atoms with Crippen molar-refractivity contribution in [1.82, 2.24) is 0 Å². The van der Waals surface area contributed by atoms with Gasteiger partial charge in [-0.1, -0.05) is 12.1 Å². The van der Waals surface area contributed by atoms with Crippen LogP contribution >= 0.6 is 0 Å². The van der Waals surface area contributed by atoms with Crippen molar-refractivity contribution in [1.29, 1.82) is 0 Å². The van der Waals surface area contributed by atoms with Gasteiger partial charge in [0.25, 0.3) is 5.91 Å². The molecule has 0 unspecified atom stereocenters. The normalized spacial score (nSPS) is 13.8. The van der Waals surface area contributed by atoms with Gasteiger partial charge in [0.15, 0.2) is 5.78 Å². The molecule has 0 aromatic heterocycles. The molecule has 3 rings (SSSR count). The first-order chi connectivity index (χ1) is 12.1. The standard InChI is InChI=1S/C20H20N2O3/c1-13-16(11-12-18(13)23)21-15-9-7-14(8-10-15)20(24)22-17-5-3-4-6-19(17)25-2/h3-10,21H,11-12H2,1-2H3,(H,22,24). The summed E-state index contributed by atoms with van der Waals surface area (Å²) in [6, 6.07) is 14.4. The molecule has 5 heteroatoms. The molecule has 0 aliphatic heterocycles. The first kappa shape index (κ1) is 16.8. The van der Waals surface area contributed by atoms with E-state index in [0.717, 1.165) is 23.4 Å². The first-order valence-corrected chi connectivity index (χ1v) is 8.13. The number of carbonyl (C=O) groups excluding carboxylic acids is 2. The third kappa shape index (κ3) is 3.71. The molecule has 2 aromatic rings. The zero-order valence-electron chi connectivity index (χ0n) is 14.3. The van der Waals surface area contributed by atoms with E-state index >= 15 is 0 Å². The van der Waals surface area contributed by atoms with Gasteiger partial charge < -0.3 is 15.4 Å². The van der Waals surface area contributed by atoms with E-state index in [4.69, 9.17) is 4.74 Å². The maximum atomic E-state index is 12.4. The molecule has 2 N–H and O–H groups in total. The number of Topliss-reactive ketones (excluding diaryl/α,β-unsaturated/α-hetero) is 1. The van der Waals surface area contributed by atoms with E-state index in [-0.39, 0.29) is 11.7 Å². The summed E-state index contributed by atoms with van der Waals surface area (Å²) < 4.78 is 5.24. The maximum absolute atomic E-state index is 12.4. The molecule has 0 radical (unpaired) electrons. The lowest BCUT2D eigenvalue weighted by atomic mass is 10.1. The van der Waals surface area contributed by atoms with E-state index in [1.54, 1.807) is 31.4 Å². The Bertz CT molecular complexity index is 838. The van der Waals surface area contributed by atoms with Crippen LogP contribution < -0.4 is 15.4 Å². The molecule has 5 nitrogen and oxygen atoms in total. The van der Waals surface area contributed by atoms with E-state index in [1.807, 2.05) is 31.2 Å². The highest BCUT2D eigenvalue weighted by Gasteiger charge is 2.19. The van der Waals surface area contributed by atoms with Gasteiger partial charge in [0.2, 0.25) is 0 Å². The fraction of sp³-hybridized carbons (Fsp3) is 0.200. The lowest BCUT2D eigenvalue weighted by Gasteiger charge is -2.11. The second-order valence-corrected chi connectivity index (χ2v) is 5.88. The van der Waals surface area contributed by atoms with Gasteiger partial charge in [-0.3, -0.25) is 9.59 Å². The molecule has 0 bridgehead atoms. The fourth-order valence-electron chi connectivity index (χ4n) is 2.76. The molecule has 0 spiro atoms. The molecular formula is C20H20N2O3. The monoisotopic (exact) mass is 336 g/mol. The smallest absolute Gasteiger partial charge is 0.255 e. The minimum atomic E-state index is -0.206. The van der Waals surface area contributed by atoms with Crippen LogP contribution in [-0.2, 0) is 4.79 Å². The predicted octanol–water partition coefficient (Wildman–Crippen LogP) is 4.00. The summed E-state index contributed by atoms with van der Waals surface area (Å²) in [5, 5.41) is 6.11. The van der Waals surface area contributed by atoms with Gasteiger partial charge in [0.1, 0.15) is 5.75 Å². The topological polar surface area (TPSA) is 67.4 Å². The molecule has 1 aliphatic carbocycles. The minimum Gasteiger partial charge on any atom is -0.495 e. The second-order valence-electron chi connectivity index (χ2n) is 5.88. The number of rotatable bonds is 5. The number of carbonyl (C=O) groups is 2. The van der Waals surface area contributed by atoms with Gasteiger partial charge >= 0.3 is 0 Å². The summed E-state index contributed by atoms with van der Waals surface area (Å²) in [5.41, 5.74) is 3.78. The Balaban J connectivity index is 1.70. The van der Waals surface area contributed by atoms with Crippen molar-refractivity contribution in [2.75, 3.05) is 17.7 Å². The van der Waals surface area contributed by atoms with Crippen LogP contribution in [0.5, 0.6) is 5.75 Å². The summed E-state index contributed by atoms with van der Waals surface area (Å²) in [5.74, 6) is 0.597. The van der Waals surface area contributed by atoms with Crippen molar-refractivity contribution in [3.05, 3.63) is 65.4 Å². The van der Waals surface area contributed by atoms with Gasteiger partial charge in [-0.05, 0) is 49.7 Å². The molecular weight excluding hydrogens is 316 g/mol. The van der Waals surface area contributed by atoms with Gasteiger partial charge in [-0.25, -0.2) is 0 Å². The number of hydrogen-bond donors (Lipinski definition) is 2. The molecule has 128 valence electrons. The number of methoxy groups -OCH3 is 1. The number of anilines is 2. The summed E-state index contributed by atoms with van der Waals surface area (Å²) >= 11 is 0. The zero-order valence-corrected chi connectivity index (χ0v) is 14.3. The maximum Gasteiger partial charge on any atom is 0.255 e. The van der Waals surface area contributed by atoms with Crippen LogP contribution in [0.2, 0.25) is 0 Å². The molecule has 1 aliphatic rings. The molecule has 0 saturated heterocycles. The third-order valence-electron chi connectivity index (χ3n) is 4.27. The quantitative estimate of drug-likeness (QED) is 0.866. The zero-order chi connectivity index (χ0) is 17.8. The summed E-state index contributed by atoms with van der Waals surface area (Å²) in [6.45, 7) is 1.84. The van der Waals surface area contributed by atoms with Crippen LogP contribution in [0, 0.1) is 0 Å². The molecule has 0 heterocycles. The van der Waals surface area contributed by atoms with Gasteiger partial charge in [-0.15, -0.1) is 0 Å². The van der Waals surface area contributed by atoms with Gasteiger partial charge in [0, 0.05) is 28.9 Å². The van der Waals surface area contributed by atoms with E-state index in [1.165, 1.54) is 0 Å². The Labute approximate surface area is 146 Å². The number of hydrogen-bond acceptors (Lipinski definition) is 4. The van der Waals surface area contributed by atoms with Crippen molar-refractivity contribution in [2.45, 2.75) is 19.8 Å². The fourth-order valence-corrected chi connectivity index (χ4v) is 2.76. The average molecular weight is 336 g/mol. The summed E-state index contributed by atoms with van der Waals surface area (Å²) in [7, 11) is 1.57. The van der Waals surface area contributed by atoms with Crippen LogP contribution in [-0.4, -0.2) is 18.8 Å². The highest BCUT2D eigenvalue weighted by molar-refractivity contribution is 6.05. The Morgan fingerprint density at radius 1 is 1.04 bits per heavy atom. The number of amides is 1. The van der Waals surface area contributed by atoms with Crippen molar-refractivity contribution in [3.8, 4) is 5.75 Å². The minimum absolute atomic E-state index is 0.190. The third-order valence-corrected chi connectivity index (χ3v) is 4.27. The van der Waals surface area contributed by atoms with Crippen LogP contribution in [0.4, 0.5) is 11.4 Å². The Kier molecular flexibility index (Phi) is 4.84. The number of ether oxygens (including phenoxy) is 1. The number of para-hydroxylation sites is 2. The first-order valence-electron chi connectivity index (χ1n) is 8.13. The largest absolute Gasteiger partial charge is 0.495 e. The van der Waals surface area contributed by atoms with E-state index < -0.39 is 0 Å². The van der Waals surface area contributed by atoms with Crippen molar-refractivity contribution in [3.63, 3.8) is 0 Å². The van der Waals surface area contributed by atoms with Crippen molar-refractivity contribution < 1.29 is 14.3 Å². The molecule has 0 fully saturated rings. The summed E-state index contributed by atoms with van der Waals surface area (Å²) in [6.07, 6.45) is 1.30. The lowest BCUT2D eigenvalue weighted by molar-refractivity contribution is -0.114. The number of ketones is 1. The van der Waals surface area contributed by atoms with E-state index in [9.17, 15) is 9.59 Å². The molecule has 1 amide bonds. The second kappa shape index (κ2) is 7.21. The Morgan fingerprint density at radius 2 is 1.76 bits per heavy atom. The van der Waals surface area contributed by atoms with Gasteiger partial charge in [-0.2, -0.15) is 0 Å². The van der Waals surface area contributed by atoms with E-state index in [2.05, 4.69) is 10.6 Å². The number of allylic oxidation sites excluding steroid dienone is 2. The SMILES string of the molecule is COc1ccccc1NC(=O)c1ccc(NC2=C(C)C(=O)CC2)cc1. The molecule has 2 aromatic carbocycles. The van der Waals surface area contributed by atoms with Gasteiger partial charge in [0.05, 0.1) is 12.8 Å². The van der Waals surface area contributed by atoms with Crippen molar-refractivity contribution in [2.24, 2.45) is 0 Å². The molecule has 0 atom stereocenters. The number of nitrogens with one attached hydrogen (secondary N) is 2. The Hall–Kier alpha value is -3.08. The Morgan fingerprint density at radius 3 is 2.40 bits per heavy atom. The lowest BCUT2D eigenvalue weighted by Crippen LogP contribution is -2.12. The predicted molar refractivity (Wildman–Crippen MR) is 98.0 cm³/mol. The van der Waals surface area contributed by atoms with Crippen molar-refractivity contribution >= 4 is 23.1 Å². The summed E-state index contributed by atoms with van der Waals surface area (Å²) in [4.78, 5) is 24.0. The molecule has 25 heavy (non-hydrogen) atoms. The number of benzene rings is 2. The van der Waals surface area contributed by atoms with Crippen LogP contribution in [0.3, 0.4) is 0 Å². The van der Waals surface area contributed by atoms with Crippen LogP contribution in [0.1, 0.15) is 30.1 Å². The highest BCUT2D eigenvalue weighted by atomic mass is 16.5. The molecule has 0 saturated carbocycles.